The van der Waals surface area contributed by atoms with E-state index in [-0.39, 0.29) is 0 Å². The minimum absolute atomic E-state index is 0.838. The lowest BCUT2D eigenvalue weighted by Crippen LogP contribution is -2.37. The van der Waals surface area contributed by atoms with E-state index in [9.17, 15) is 0 Å². The molecule has 0 radical (unpaired) electrons. The lowest BCUT2D eigenvalue weighted by Gasteiger charge is -2.16. The molecular formula is C12H18N2Si. The van der Waals surface area contributed by atoms with Crippen molar-refractivity contribution in [3.05, 3.63) is 36.0 Å². The lowest BCUT2D eigenvalue weighted by molar-refractivity contribution is 0.843. The molecule has 0 atom stereocenters. The van der Waals surface area contributed by atoms with E-state index in [1.807, 2.05) is 6.20 Å². The molecule has 2 rings (SSSR count). The van der Waals surface area contributed by atoms with Crippen LogP contribution in [0.1, 0.15) is 5.56 Å². The molecule has 0 unspecified atom stereocenters. The molecule has 2 N–H and O–H groups in total. The van der Waals surface area contributed by atoms with Crippen molar-refractivity contribution in [2.75, 3.05) is 6.67 Å². The molecule has 0 aromatic heterocycles. The molecule has 1 aromatic rings. The third-order valence-electron chi connectivity index (χ3n) is 2.69. The molecule has 80 valence electrons. The predicted octanol–water partition coefficient (Wildman–Crippen LogP) is 1.68. The van der Waals surface area contributed by atoms with Crippen molar-refractivity contribution in [2.24, 2.45) is 0 Å². The van der Waals surface area contributed by atoms with Crippen LogP contribution in [0.25, 0.3) is 5.70 Å². The summed E-state index contributed by atoms with van der Waals surface area (Å²) in [6, 6.07) is 8.95. The summed E-state index contributed by atoms with van der Waals surface area (Å²) in [6.45, 7) is 7.95. The van der Waals surface area contributed by atoms with Gasteiger partial charge in [0.05, 0.1) is 20.4 Å². The molecule has 0 saturated carbocycles. The first-order valence-electron chi connectivity index (χ1n) is 5.36. The molecule has 1 heterocycles. The van der Waals surface area contributed by atoms with E-state index < -0.39 is 8.07 Å². The summed E-state index contributed by atoms with van der Waals surface area (Å²) < 4.78 is 0. The highest BCUT2D eigenvalue weighted by Crippen LogP contribution is 2.12. The molecular weight excluding hydrogens is 200 g/mol. The first-order chi connectivity index (χ1) is 7.07. The van der Waals surface area contributed by atoms with Gasteiger partial charge in [-0.3, -0.25) is 0 Å². The Hall–Kier alpha value is -1.22. The molecule has 1 aliphatic heterocycles. The van der Waals surface area contributed by atoms with Gasteiger partial charge in [-0.05, 0) is 5.56 Å². The van der Waals surface area contributed by atoms with Crippen LogP contribution in [0.3, 0.4) is 0 Å². The Morgan fingerprint density at radius 1 is 1.07 bits per heavy atom. The first-order valence-corrected chi connectivity index (χ1v) is 8.86. The van der Waals surface area contributed by atoms with E-state index in [0.29, 0.717) is 0 Å². The number of benzene rings is 1. The van der Waals surface area contributed by atoms with Crippen molar-refractivity contribution in [3.63, 3.8) is 0 Å². The largest absolute Gasteiger partial charge is 0.372 e. The van der Waals surface area contributed by atoms with Crippen LogP contribution in [-0.2, 0) is 0 Å². The van der Waals surface area contributed by atoms with E-state index in [0.717, 1.165) is 6.67 Å². The van der Waals surface area contributed by atoms with Crippen molar-refractivity contribution in [2.45, 2.75) is 19.6 Å². The Bertz CT molecular complexity index is 374. The highest BCUT2D eigenvalue weighted by Gasteiger charge is 2.16. The smallest absolute Gasteiger partial charge is 0.0846 e. The zero-order valence-corrected chi connectivity index (χ0v) is 10.6. The fourth-order valence-electron chi connectivity index (χ4n) is 1.69. The topological polar surface area (TPSA) is 24.1 Å². The highest BCUT2D eigenvalue weighted by atomic mass is 28.3. The van der Waals surface area contributed by atoms with Crippen LogP contribution < -0.4 is 15.8 Å². The molecule has 15 heavy (non-hydrogen) atoms. The zero-order chi connectivity index (χ0) is 10.9. The van der Waals surface area contributed by atoms with Crippen molar-refractivity contribution >= 4 is 19.0 Å². The van der Waals surface area contributed by atoms with Gasteiger partial charge in [0.2, 0.25) is 0 Å². The molecule has 3 heteroatoms. The Kier molecular flexibility index (Phi) is 2.57. The molecule has 0 spiro atoms. The quantitative estimate of drug-likeness (QED) is 0.738. The van der Waals surface area contributed by atoms with Crippen LogP contribution in [0.4, 0.5) is 0 Å². The second-order valence-corrected chi connectivity index (χ2v) is 10.0. The summed E-state index contributed by atoms with van der Waals surface area (Å²) >= 11 is 0. The summed E-state index contributed by atoms with van der Waals surface area (Å²) in [5.74, 6) is 0. The molecule has 0 saturated heterocycles. The summed E-state index contributed by atoms with van der Waals surface area (Å²) in [7, 11) is -1.15. The van der Waals surface area contributed by atoms with Gasteiger partial charge in [-0.2, -0.15) is 0 Å². The van der Waals surface area contributed by atoms with Gasteiger partial charge in [0.15, 0.2) is 0 Å². The molecule has 1 aliphatic rings. The normalized spacial score (nSPS) is 15.5. The van der Waals surface area contributed by atoms with Gasteiger partial charge in [-0.25, -0.2) is 0 Å². The first kappa shape index (κ1) is 10.3. The number of nitrogens with one attached hydrogen (secondary N) is 2. The molecule has 0 fully saturated rings. The van der Waals surface area contributed by atoms with Gasteiger partial charge in [0.25, 0.3) is 0 Å². The maximum absolute atomic E-state index is 3.29. The van der Waals surface area contributed by atoms with Crippen LogP contribution in [-0.4, -0.2) is 14.7 Å². The van der Waals surface area contributed by atoms with E-state index in [1.54, 1.807) is 0 Å². The molecule has 0 bridgehead atoms. The fourth-order valence-corrected chi connectivity index (χ4v) is 2.85. The van der Waals surface area contributed by atoms with Gasteiger partial charge < -0.3 is 10.6 Å². The van der Waals surface area contributed by atoms with Crippen LogP contribution in [0, 0.1) is 0 Å². The zero-order valence-electron chi connectivity index (χ0n) is 9.59. The SMILES string of the molecule is C[Si](C)(C)c1ccc(C2=CNCN2)cc1. The Morgan fingerprint density at radius 2 is 1.73 bits per heavy atom. The maximum Gasteiger partial charge on any atom is 0.0846 e. The van der Waals surface area contributed by atoms with Crippen LogP contribution in [0.5, 0.6) is 0 Å². The average Bonchev–Trinajstić information content (AvgIpc) is 2.69. The fraction of sp³-hybridized carbons (Fsp3) is 0.333. The van der Waals surface area contributed by atoms with E-state index >= 15 is 0 Å². The van der Waals surface area contributed by atoms with Crippen molar-refractivity contribution in [3.8, 4) is 0 Å². The Labute approximate surface area is 92.4 Å². The third kappa shape index (κ3) is 2.23. The van der Waals surface area contributed by atoms with Gasteiger partial charge in [0.1, 0.15) is 0 Å². The average molecular weight is 218 g/mol. The lowest BCUT2D eigenvalue weighted by atomic mass is 10.2. The van der Waals surface area contributed by atoms with Crippen LogP contribution >= 0.6 is 0 Å². The number of hydrogen-bond acceptors (Lipinski definition) is 2. The minimum Gasteiger partial charge on any atom is -0.372 e. The van der Waals surface area contributed by atoms with Gasteiger partial charge >= 0.3 is 0 Å². The van der Waals surface area contributed by atoms with E-state index in [2.05, 4.69) is 54.5 Å². The Morgan fingerprint density at radius 3 is 2.20 bits per heavy atom. The monoisotopic (exact) mass is 218 g/mol. The maximum atomic E-state index is 3.29. The van der Waals surface area contributed by atoms with E-state index in [1.165, 1.54) is 16.4 Å². The minimum atomic E-state index is -1.15. The van der Waals surface area contributed by atoms with Gasteiger partial charge in [-0.1, -0.05) is 49.1 Å². The molecule has 0 aliphatic carbocycles. The van der Waals surface area contributed by atoms with Gasteiger partial charge in [0, 0.05) is 6.20 Å². The van der Waals surface area contributed by atoms with E-state index in [4.69, 9.17) is 0 Å². The molecule has 1 aromatic carbocycles. The van der Waals surface area contributed by atoms with Crippen LogP contribution in [0.15, 0.2) is 30.5 Å². The summed E-state index contributed by atoms with van der Waals surface area (Å²) in [5, 5.41) is 7.96. The second-order valence-electron chi connectivity index (χ2n) is 4.94. The van der Waals surface area contributed by atoms with Gasteiger partial charge in [-0.15, -0.1) is 0 Å². The van der Waals surface area contributed by atoms with Crippen molar-refractivity contribution in [1.29, 1.82) is 0 Å². The third-order valence-corrected chi connectivity index (χ3v) is 4.75. The standard InChI is InChI=1S/C12H18N2Si/c1-15(2,3)11-6-4-10(5-7-11)12-8-13-9-14-12/h4-8,13-14H,9H2,1-3H3. The molecule has 2 nitrogen and oxygen atoms in total. The second kappa shape index (κ2) is 3.74. The van der Waals surface area contributed by atoms with Crippen LogP contribution in [0.2, 0.25) is 19.6 Å². The van der Waals surface area contributed by atoms with Crippen molar-refractivity contribution < 1.29 is 0 Å². The summed E-state index contributed by atoms with van der Waals surface area (Å²) in [4.78, 5) is 0. The molecule has 0 amide bonds. The summed E-state index contributed by atoms with van der Waals surface area (Å²) in [5.41, 5.74) is 2.46. The van der Waals surface area contributed by atoms with Crippen molar-refractivity contribution in [1.82, 2.24) is 10.6 Å². The summed E-state index contributed by atoms with van der Waals surface area (Å²) in [6.07, 6.45) is 2.03. The predicted molar refractivity (Wildman–Crippen MR) is 68.5 cm³/mol. The number of hydrogen-bond donors (Lipinski definition) is 2. The Balaban J connectivity index is 2.24. The highest BCUT2D eigenvalue weighted by molar-refractivity contribution is 6.88. The number of rotatable bonds is 2.